The average molecular weight is 394 g/mol. The number of aromatic nitrogens is 5. The van der Waals surface area contributed by atoms with Crippen LogP contribution in [0.2, 0.25) is 0 Å². The fourth-order valence-corrected chi connectivity index (χ4v) is 3.17. The second kappa shape index (κ2) is 7.80. The van der Waals surface area contributed by atoms with E-state index in [2.05, 4.69) is 15.6 Å². The molecule has 0 radical (unpaired) electrons. The Bertz CT molecular complexity index is 1160. The number of aliphatic hydroxyl groups excluding tert-OH is 1. The molecule has 9 nitrogen and oxygen atoms in total. The van der Waals surface area contributed by atoms with E-state index in [1.54, 1.807) is 40.6 Å². The summed E-state index contributed by atoms with van der Waals surface area (Å²) in [5, 5.41) is 18.0. The molecule has 0 amide bonds. The maximum absolute atomic E-state index is 12.0. The van der Waals surface area contributed by atoms with Crippen molar-refractivity contribution in [2.45, 2.75) is 12.6 Å². The molecule has 1 atom stereocenters. The van der Waals surface area contributed by atoms with Crippen molar-refractivity contribution in [2.75, 3.05) is 12.0 Å². The van der Waals surface area contributed by atoms with Gasteiger partial charge >= 0.3 is 5.69 Å². The predicted molar refractivity (Wildman–Crippen MR) is 108 cm³/mol. The molecule has 2 aromatic carbocycles. The first-order chi connectivity index (χ1) is 14.0. The molecule has 4 aromatic rings. The van der Waals surface area contributed by atoms with Gasteiger partial charge in [-0.3, -0.25) is 9.13 Å². The lowest BCUT2D eigenvalue weighted by molar-refractivity contribution is 0.108. The normalized spacial score (nSPS) is 12.2. The van der Waals surface area contributed by atoms with Gasteiger partial charge in [0, 0.05) is 14.1 Å². The predicted octanol–water partition coefficient (Wildman–Crippen LogP) is 1.32. The molecule has 0 fully saturated rings. The molecule has 0 aliphatic rings. The van der Waals surface area contributed by atoms with Gasteiger partial charge in [0.1, 0.15) is 31.1 Å². The van der Waals surface area contributed by atoms with Crippen molar-refractivity contribution >= 4 is 11.0 Å². The Hall–Kier alpha value is -3.59. The van der Waals surface area contributed by atoms with E-state index in [9.17, 15) is 9.90 Å². The Morgan fingerprint density at radius 3 is 2.45 bits per heavy atom. The highest BCUT2D eigenvalue weighted by molar-refractivity contribution is 5.76. The van der Waals surface area contributed by atoms with Crippen molar-refractivity contribution in [3.8, 4) is 5.75 Å². The average Bonchev–Trinajstić information content (AvgIpc) is 3.34. The first-order valence-corrected chi connectivity index (χ1v) is 9.16. The van der Waals surface area contributed by atoms with Crippen LogP contribution in [0.5, 0.6) is 5.75 Å². The molecule has 0 aliphatic heterocycles. The van der Waals surface area contributed by atoms with Crippen LogP contribution < -0.4 is 15.9 Å². The number of hydrogen-bond donors (Lipinski definition) is 2. The fourth-order valence-electron chi connectivity index (χ4n) is 3.17. The third kappa shape index (κ3) is 3.85. The zero-order valence-corrected chi connectivity index (χ0v) is 16.2. The third-order valence-corrected chi connectivity index (χ3v) is 4.90. The number of aryl methyl sites for hydroxylation is 2. The monoisotopic (exact) mass is 394 g/mol. The number of nitrogens with one attached hydrogen (secondary N) is 1. The van der Waals surface area contributed by atoms with Crippen LogP contribution in [0.4, 0.5) is 0 Å². The summed E-state index contributed by atoms with van der Waals surface area (Å²) in [6.45, 7) is 0.737. The lowest BCUT2D eigenvalue weighted by Crippen LogP contribution is -2.19. The first-order valence-electron chi connectivity index (χ1n) is 9.16. The molecule has 9 heteroatoms. The van der Waals surface area contributed by atoms with Crippen LogP contribution in [0, 0.1) is 0 Å². The number of fused-ring (bicyclic) bond motifs is 1. The van der Waals surface area contributed by atoms with Crippen LogP contribution in [0.15, 0.2) is 59.9 Å². The molecule has 4 rings (SSSR count). The van der Waals surface area contributed by atoms with Gasteiger partial charge in [0.2, 0.25) is 0 Å². The maximum Gasteiger partial charge on any atom is 0.328 e. The van der Waals surface area contributed by atoms with Crippen molar-refractivity contribution in [1.82, 2.24) is 24.0 Å². The van der Waals surface area contributed by atoms with Gasteiger partial charge in [0.05, 0.1) is 17.6 Å². The second-order valence-electron chi connectivity index (χ2n) is 6.82. The quantitative estimate of drug-likeness (QED) is 0.491. The van der Waals surface area contributed by atoms with Gasteiger partial charge in [0.15, 0.2) is 0 Å². The lowest BCUT2D eigenvalue weighted by atomic mass is 10.1. The Labute approximate surface area is 166 Å². The minimum absolute atomic E-state index is 0.0956. The Balaban J connectivity index is 1.37. The van der Waals surface area contributed by atoms with Gasteiger partial charge in [0.25, 0.3) is 0 Å². The van der Waals surface area contributed by atoms with Crippen molar-refractivity contribution in [2.24, 2.45) is 14.1 Å². The molecule has 29 heavy (non-hydrogen) atoms. The fraction of sp³-hybridized carbons (Fsp3) is 0.250. The van der Waals surface area contributed by atoms with Crippen LogP contribution in [0.3, 0.4) is 0 Å². The van der Waals surface area contributed by atoms with E-state index >= 15 is 0 Å². The molecule has 2 aromatic heterocycles. The Kier molecular flexibility index (Phi) is 5.05. The van der Waals surface area contributed by atoms with Crippen LogP contribution >= 0.6 is 0 Å². The largest absolute Gasteiger partial charge is 0.491 e. The van der Waals surface area contributed by atoms with Gasteiger partial charge in [-0.05, 0) is 35.4 Å². The van der Waals surface area contributed by atoms with Gasteiger partial charge in [-0.25, -0.2) is 9.47 Å². The number of rotatable bonds is 7. The molecule has 0 saturated heterocycles. The van der Waals surface area contributed by atoms with E-state index in [0.717, 1.165) is 16.6 Å². The van der Waals surface area contributed by atoms with Crippen LogP contribution in [0.25, 0.3) is 11.0 Å². The Morgan fingerprint density at radius 2 is 1.72 bits per heavy atom. The third-order valence-electron chi connectivity index (χ3n) is 4.90. The van der Waals surface area contributed by atoms with E-state index in [4.69, 9.17) is 4.74 Å². The molecule has 2 heterocycles. The van der Waals surface area contributed by atoms with Crippen LogP contribution in [0.1, 0.15) is 17.2 Å². The molecular weight excluding hydrogens is 372 g/mol. The van der Waals surface area contributed by atoms with Crippen molar-refractivity contribution < 1.29 is 9.84 Å². The molecule has 0 bridgehead atoms. The van der Waals surface area contributed by atoms with E-state index in [1.165, 1.54) is 0 Å². The molecule has 1 unspecified atom stereocenters. The van der Waals surface area contributed by atoms with Gasteiger partial charge in [-0.1, -0.05) is 18.2 Å². The molecule has 0 spiro atoms. The lowest BCUT2D eigenvalue weighted by Gasteiger charge is -2.14. The summed E-state index contributed by atoms with van der Waals surface area (Å²) >= 11 is 0. The van der Waals surface area contributed by atoms with Crippen LogP contribution in [-0.4, -0.2) is 35.7 Å². The van der Waals surface area contributed by atoms with Crippen LogP contribution in [-0.2, 0) is 20.6 Å². The standard InChI is InChI=1S/C20H22N6O3/c1-24-17-8-5-15(9-18(17)25(2)20(24)28)19(27)11-29-16-6-3-14(4-7-16)10-23-26-12-21-22-13-26/h3-9,12-13,19,23,27H,10-11H2,1-2H3. The summed E-state index contributed by atoms with van der Waals surface area (Å²) < 4.78 is 10.6. The van der Waals surface area contributed by atoms with E-state index in [1.807, 2.05) is 42.5 Å². The second-order valence-corrected chi connectivity index (χ2v) is 6.82. The number of ether oxygens (including phenoxy) is 1. The maximum atomic E-state index is 12.0. The van der Waals surface area contributed by atoms with E-state index < -0.39 is 6.10 Å². The summed E-state index contributed by atoms with van der Waals surface area (Å²) in [7, 11) is 3.45. The summed E-state index contributed by atoms with van der Waals surface area (Å²) in [5.74, 6) is 0.672. The number of aliphatic hydroxyl groups is 1. The molecule has 0 aliphatic carbocycles. The van der Waals surface area contributed by atoms with Gasteiger partial charge in [-0.15, -0.1) is 10.2 Å². The van der Waals surface area contributed by atoms with Crippen molar-refractivity contribution in [3.63, 3.8) is 0 Å². The summed E-state index contributed by atoms with van der Waals surface area (Å²) in [6.07, 6.45) is 2.37. The smallest absolute Gasteiger partial charge is 0.328 e. The highest BCUT2D eigenvalue weighted by atomic mass is 16.5. The first kappa shape index (κ1) is 18.8. The highest BCUT2D eigenvalue weighted by Crippen LogP contribution is 2.21. The van der Waals surface area contributed by atoms with Crippen molar-refractivity contribution in [1.29, 1.82) is 0 Å². The number of nitrogens with zero attached hydrogens (tertiary/aromatic N) is 5. The van der Waals surface area contributed by atoms with E-state index in [0.29, 0.717) is 17.9 Å². The molecule has 150 valence electrons. The molecule has 2 N–H and O–H groups in total. The Morgan fingerprint density at radius 1 is 1.03 bits per heavy atom. The summed E-state index contributed by atoms with van der Waals surface area (Å²) in [6, 6.07) is 13.1. The highest BCUT2D eigenvalue weighted by Gasteiger charge is 2.13. The van der Waals surface area contributed by atoms with Crippen molar-refractivity contribution in [3.05, 3.63) is 76.7 Å². The zero-order chi connectivity index (χ0) is 20.4. The number of imidazole rings is 1. The number of hydrogen-bond acceptors (Lipinski definition) is 6. The minimum atomic E-state index is -0.801. The topological polar surface area (TPSA) is 99.1 Å². The van der Waals surface area contributed by atoms with Gasteiger partial charge < -0.3 is 15.3 Å². The molecular formula is C20H22N6O3. The summed E-state index contributed by atoms with van der Waals surface area (Å²) in [5.41, 5.74) is 6.42. The molecule has 0 saturated carbocycles. The zero-order valence-electron chi connectivity index (χ0n) is 16.2. The SMILES string of the molecule is Cn1c(=O)n(C)c2cc(C(O)COc3ccc(CNn4cnnc4)cc3)ccc21. The number of benzene rings is 2. The minimum Gasteiger partial charge on any atom is -0.491 e. The van der Waals surface area contributed by atoms with Gasteiger partial charge in [-0.2, -0.15) is 0 Å². The van der Waals surface area contributed by atoms with E-state index in [-0.39, 0.29) is 12.3 Å². The summed E-state index contributed by atoms with van der Waals surface area (Å²) in [4.78, 5) is 12.0.